The first-order valence-corrected chi connectivity index (χ1v) is 10.6. The highest BCUT2D eigenvalue weighted by atomic mass is 35.5. The Balaban J connectivity index is 2.03. The summed E-state index contributed by atoms with van der Waals surface area (Å²) in [5.74, 6) is -1.33. The minimum atomic E-state index is -4.11. The van der Waals surface area contributed by atoms with Crippen LogP contribution in [0, 0.1) is 11.6 Å². The molecule has 0 amide bonds. The second-order valence-electron chi connectivity index (χ2n) is 6.47. The van der Waals surface area contributed by atoms with Gasteiger partial charge in [-0.25, -0.2) is 27.0 Å². The van der Waals surface area contributed by atoms with Crippen molar-refractivity contribution in [3.8, 4) is 28.2 Å². The molecule has 1 heterocycles. The highest BCUT2D eigenvalue weighted by Crippen LogP contribution is 2.33. The van der Waals surface area contributed by atoms with Gasteiger partial charge in [0, 0.05) is 16.1 Å². The van der Waals surface area contributed by atoms with Gasteiger partial charge in [0.2, 0.25) is 10.0 Å². The van der Waals surface area contributed by atoms with Crippen LogP contribution in [0.3, 0.4) is 0 Å². The molecule has 4 rings (SSSR count). The van der Waals surface area contributed by atoms with Crippen LogP contribution in [0.5, 0.6) is 0 Å². The number of primary sulfonamides is 1. The molecule has 0 aliphatic heterocycles. The van der Waals surface area contributed by atoms with E-state index in [1.165, 1.54) is 22.9 Å². The number of hydrogen-bond donors (Lipinski definition) is 1. The number of aromatic nitrogens is 2. The van der Waals surface area contributed by atoms with E-state index in [1.54, 1.807) is 36.4 Å². The molecule has 0 bridgehead atoms. The van der Waals surface area contributed by atoms with Gasteiger partial charge in [0.25, 0.3) is 0 Å². The zero-order valence-electron chi connectivity index (χ0n) is 15.3. The lowest BCUT2D eigenvalue weighted by molar-refractivity contribution is 0.596. The third-order valence-electron chi connectivity index (χ3n) is 4.45. The monoisotopic (exact) mass is 445 g/mol. The lowest BCUT2D eigenvalue weighted by Gasteiger charge is -2.12. The maximum Gasteiger partial charge on any atom is 0.240 e. The molecule has 3 aromatic carbocycles. The van der Waals surface area contributed by atoms with Crippen molar-refractivity contribution < 1.29 is 17.2 Å². The Hall–Kier alpha value is -3.07. The summed E-state index contributed by atoms with van der Waals surface area (Å²) in [4.78, 5) is -0.200. The van der Waals surface area contributed by atoms with Crippen LogP contribution >= 0.6 is 11.6 Å². The van der Waals surface area contributed by atoms with Gasteiger partial charge in [-0.05, 0) is 48.5 Å². The Labute approximate surface area is 176 Å². The molecule has 4 aromatic rings. The SMILES string of the molecule is NS(=O)(=O)c1ccccc1-n1nc(-c2ccc(Cl)cc2)cc1-c1cc(F)ccc1F. The van der Waals surface area contributed by atoms with Gasteiger partial charge in [0.05, 0.1) is 17.1 Å². The van der Waals surface area contributed by atoms with Crippen molar-refractivity contribution in [1.82, 2.24) is 9.78 Å². The van der Waals surface area contributed by atoms with Crippen LogP contribution in [0.1, 0.15) is 0 Å². The van der Waals surface area contributed by atoms with Crippen molar-refractivity contribution in [2.24, 2.45) is 5.14 Å². The molecule has 0 saturated carbocycles. The molecule has 0 aliphatic rings. The topological polar surface area (TPSA) is 78.0 Å². The molecule has 0 spiro atoms. The second kappa shape index (κ2) is 7.64. The Morgan fingerprint density at radius 1 is 0.933 bits per heavy atom. The zero-order valence-corrected chi connectivity index (χ0v) is 16.8. The quantitative estimate of drug-likeness (QED) is 0.490. The average Bonchev–Trinajstić information content (AvgIpc) is 3.15. The van der Waals surface area contributed by atoms with E-state index in [1.807, 2.05) is 0 Å². The fourth-order valence-corrected chi connectivity index (χ4v) is 3.93. The van der Waals surface area contributed by atoms with Crippen LogP contribution in [0.25, 0.3) is 28.2 Å². The second-order valence-corrected chi connectivity index (χ2v) is 8.44. The van der Waals surface area contributed by atoms with Crippen molar-refractivity contribution in [2.45, 2.75) is 4.90 Å². The highest BCUT2D eigenvalue weighted by Gasteiger charge is 2.21. The van der Waals surface area contributed by atoms with Crippen molar-refractivity contribution in [3.63, 3.8) is 0 Å². The minimum Gasteiger partial charge on any atom is -0.231 e. The first-order chi connectivity index (χ1) is 14.2. The number of nitrogens with two attached hydrogens (primary N) is 1. The predicted molar refractivity (Wildman–Crippen MR) is 111 cm³/mol. The van der Waals surface area contributed by atoms with Crippen molar-refractivity contribution in [2.75, 3.05) is 0 Å². The van der Waals surface area contributed by atoms with Gasteiger partial charge in [0.15, 0.2) is 0 Å². The molecule has 9 heteroatoms. The Morgan fingerprint density at radius 2 is 1.63 bits per heavy atom. The number of rotatable bonds is 4. The average molecular weight is 446 g/mol. The van der Waals surface area contributed by atoms with Gasteiger partial charge in [-0.1, -0.05) is 35.9 Å². The molecule has 0 saturated heterocycles. The van der Waals surface area contributed by atoms with E-state index in [2.05, 4.69) is 5.10 Å². The maximum absolute atomic E-state index is 14.6. The molecular formula is C21H14ClF2N3O2S. The summed E-state index contributed by atoms with van der Waals surface area (Å²) in [5.41, 5.74) is 1.26. The summed E-state index contributed by atoms with van der Waals surface area (Å²) in [6, 6.07) is 17.2. The van der Waals surface area contributed by atoms with Gasteiger partial charge in [0.1, 0.15) is 16.5 Å². The van der Waals surface area contributed by atoms with Crippen LogP contribution in [0.2, 0.25) is 5.02 Å². The van der Waals surface area contributed by atoms with Gasteiger partial charge in [-0.3, -0.25) is 0 Å². The van der Waals surface area contributed by atoms with E-state index >= 15 is 0 Å². The lowest BCUT2D eigenvalue weighted by Crippen LogP contribution is -2.16. The number of sulfonamides is 1. The number of hydrogen-bond acceptors (Lipinski definition) is 3. The summed E-state index contributed by atoms with van der Waals surface area (Å²) in [6.07, 6.45) is 0. The molecule has 1 aromatic heterocycles. The Morgan fingerprint density at radius 3 is 2.33 bits per heavy atom. The smallest absolute Gasteiger partial charge is 0.231 e. The van der Waals surface area contributed by atoms with Crippen LogP contribution in [-0.4, -0.2) is 18.2 Å². The molecule has 2 N–H and O–H groups in total. The summed E-state index contributed by atoms with van der Waals surface area (Å²) >= 11 is 5.94. The van der Waals surface area contributed by atoms with Crippen molar-refractivity contribution in [1.29, 1.82) is 0 Å². The maximum atomic E-state index is 14.6. The molecule has 0 radical (unpaired) electrons. The molecule has 0 unspecified atom stereocenters. The highest BCUT2D eigenvalue weighted by molar-refractivity contribution is 7.89. The first-order valence-electron chi connectivity index (χ1n) is 8.68. The van der Waals surface area contributed by atoms with Crippen molar-refractivity contribution in [3.05, 3.63) is 89.5 Å². The van der Waals surface area contributed by atoms with Crippen LogP contribution in [0.4, 0.5) is 8.78 Å². The van der Waals surface area contributed by atoms with Gasteiger partial charge < -0.3 is 0 Å². The van der Waals surface area contributed by atoms with Gasteiger partial charge in [-0.15, -0.1) is 0 Å². The first kappa shape index (κ1) is 20.2. The zero-order chi connectivity index (χ0) is 21.5. The molecule has 5 nitrogen and oxygen atoms in total. The summed E-state index contributed by atoms with van der Waals surface area (Å²) in [6.45, 7) is 0. The summed E-state index contributed by atoms with van der Waals surface area (Å²) in [7, 11) is -4.11. The standard InChI is InChI=1S/C21H14ClF2N3O2S/c22-14-7-5-13(6-8-14)18-12-20(16-11-15(23)9-10-17(16)24)27(26-18)19-3-1-2-4-21(19)30(25,28)29/h1-12H,(H2,25,28,29). The number of halogens is 3. The van der Waals surface area contributed by atoms with E-state index in [0.717, 1.165) is 18.2 Å². The van der Waals surface area contributed by atoms with E-state index in [0.29, 0.717) is 16.3 Å². The minimum absolute atomic E-state index is 0.0769. The molecule has 0 atom stereocenters. The Kier molecular flexibility index (Phi) is 5.15. The number of benzene rings is 3. The lowest BCUT2D eigenvalue weighted by atomic mass is 10.1. The summed E-state index contributed by atoms with van der Waals surface area (Å²) in [5, 5.41) is 10.3. The van der Waals surface area contributed by atoms with Crippen LogP contribution < -0.4 is 5.14 Å². The van der Waals surface area contributed by atoms with E-state index < -0.39 is 21.7 Å². The van der Waals surface area contributed by atoms with E-state index in [4.69, 9.17) is 16.7 Å². The molecule has 30 heavy (non-hydrogen) atoms. The fraction of sp³-hybridized carbons (Fsp3) is 0. The van der Waals surface area contributed by atoms with Gasteiger partial charge in [-0.2, -0.15) is 5.10 Å². The number of nitrogens with zero attached hydrogens (tertiary/aromatic N) is 2. The fourth-order valence-electron chi connectivity index (χ4n) is 3.08. The normalized spacial score (nSPS) is 11.6. The summed E-state index contributed by atoms with van der Waals surface area (Å²) < 4.78 is 53.9. The molecular weight excluding hydrogens is 432 g/mol. The van der Waals surface area contributed by atoms with Crippen molar-refractivity contribution >= 4 is 21.6 Å². The van der Waals surface area contributed by atoms with E-state index in [-0.39, 0.29) is 21.8 Å². The predicted octanol–water partition coefficient (Wildman–Crippen LogP) is 4.79. The van der Waals surface area contributed by atoms with Gasteiger partial charge >= 0.3 is 0 Å². The molecule has 152 valence electrons. The number of para-hydroxylation sites is 1. The largest absolute Gasteiger partial charge is 0.240 e. The third kappa shape index (κ3) is 3.85. The van der Waals surface area contributed by atoms with E-state index in [9.17, 15) is 17.2 Å². The van der Waals surface area contributed by atoms with Crippen LogP contribution in [0.15, 0.2) is 77.7 Å². The molecule has 0 aliphatic carbocycles. The third-order valence-corrected chi connectivity index (χ3v) is 5.66. The van der Waals surface area contributed by atoms with Crippen LogP contribution in [-0.2, 0) is 10.0 Å². The Bertz CT molecular complexity index is 1350. The molecule has 0 fully saturated rings.